The molecule has 1 atom stereocenters. The van der Waals surface area contributed by atoms with Crippen LogP contribution in [0.15, 0.2) is 0 Å². The van der Waals surface area contributed by atoms with Crippen molar-refractivity contribution in [2.45, 2.75) is 18.4 Å². The molecule has 0 aromatic carbocycles. The topological polar surface area (TPSA) is 229 Å². The smallest absolute Gasteiger partial charge is 0.550 e. The van der Waals surface area contributed by atoms with Crippen molar-refractivity contribution in [3.63, 3.8) is 0 Å². The Morgan fingerprint density at radius 2 is 1.35 bits per heavy atom. The fourth-order valence-electron chi connectivity index (χ4n) is 0.703. The molecule has 11 heteroatoms. The first-order valence-electron chi connectivity index (χ1n) is 3.15. The monoisotopic (exact) mass is 268 g/mol. The van der Waals surface area contributed by atoms with Gasteiger partial charge in [0.1, 0.15) is 0 Å². The molecule has 10 nitrogen and oxygen atoms in total. The quantitative estimate of drug-likeness (QED) is 0.407. The van der Waals surface area contributed by atoms with Gasteiger partial charge in [-0.1, -0.05) is 0 Å². The largest absolute Gasteiger partial charge is 1.00 e. The molecule has 1 unspecified atom stereocenters. The summed E-state index contributed by atoms with van der Waals surface area (Å²) in [5, 5.41) is 35.5. The summed E-state index contributed by atoms with van der Waals surface area (Å²) in [5.41, 5.74) is -2.80. The third kappa shape index (κ3) is 11.5. The molecular formula is C6H13NaO10. The zero-order valence-corrected chi connectivity index (χ0v) is 10.9. The van der Waals surface area contributed by atoms with E-state index >= 15 is 0 Å². The maximum atomic E-state index is 10.3. The van der Waals surface area contributed by atoms with E-state index in [0.717, 1.165) is 0 Å². The van der Waals surface area contributed by atoms with E-state index in [1.54, 1.807) is 0 Å². The number of rotatable bonds is 5. The first kappa shape index (κ1) is 29.9. The minimum absolute atomic E-state index is 0. The summed E-state index contributed by atoms with van der Waals surface area (Å²) in [7, 11) is 0. The predicted molar refractivity (Wildman–Crippen MR) is 45.3 cm³/mol. The molecule has 0 radical (unpaired) electrons. The number of carbonyl (C=O) groups excluding carboxylic acids is 1. The molecule has 0 aliphatic rings. The van der Waals surface area contributed by atoms with Gasteiger partial charge in [-0.25, -0.2) is 4.79 Å². The molecule has 0 amide bonds. The summed E-state index contributed by atoms with van der Waals surface area (Å²) in [6.07, 6.45) is -2.44. The van der Waals surface area contributed by atoms with E-state index in [4.69, 9.17) is 15.3 Å². The van der Waals surface area contributed by atoms with Gasteiger partial charge >= 0.3 is 41.5 Å². The van der Waals surface area contributed by atoms with Gasteiger partial charge in [-0.2, -0.15) is 0 Å². The Kier molecular flexibility index (Phi) is 20.6. The molecule has 0 saturated heterocycles. The van der Waals surface area contributed by atoms with Gasteiger partial charge in [0.2, 0.25) is 0 Å². The molecule has 0 spiro atoms. The second kappa shape index (κ2) is 11.7. The number of carboxylic acids is 3. The van der Waals surface area contributed by atoms with Crippen LogP contribution in [0.4, 0.5) is 0 Å². The molecule has 0 saturated carbocycles. The van der Waals surface area contributed by atoms with Crippen molar-refractivity contribution in [1.29, 1.82) is 0 Å². The summed E-state index contributed by atoms with van der Waals surface area (Å²) >= 11 is 0. The average molecular weight is 268 g/mol. The Morgan fingerprint density at radius 1 is 1.00 bits per heavy atom. The number of hydrogen-bond donors (Lipinski definition) is 3. The average Bonchev–Trinajstić information content (AvgIpc) is 1.82. The molecule has 0 bridgehead atoms. The number of aliphatic hydroxyl groups is 1. The van der Waals surface area contributed by atoms with E-state index < -0.39 is 36.4 Å². The Bertz CT molecular complexity index is 235. The first-order valence-corrected chi connectivity index (χ1v) is 3.15. The Morgan fingerprint density at radius 3 is 1.53 bits per heavy atom. The fourth-order valence-corrected chi connectivity index (χ4v) is 0.703. The third-order valence-electron chi connectivity index (χ3n) is 1.28. The maximum Gasteiger partial charge on any atom is 1.00 e. The van der Waals surface area contributed by atoms with Gasteiger partial charge in [-0.15, -0.1) is 0 Å². The molecule has 0 aliphatic carbocycles. The fraction of sp³-hybridized carbons (Fsp3) is 0.500. The molecule has 9 N–H and O–H groups in total. The first-order chi connectivity index (χ1) is 5.78. The van der Waals surface area contributed by atoms with E-state index in [1.165, 1.54) is 0 Å². The SMILES string of the molecule is O.O.O.O=C([O-])CC(O)(CC(=O)O)C(=O)O.[Na+]. The van der Waals surface area contributed by atoms with Crippen LogP contribution < -0.4 is 34.7 Å². The van der Waals surface area contributed by atoms with Crippen LogP contribution in [0.5, 0.6) is 0 Å². The Hall–Kier alpha value is -0.750. The third-order valence-corrected chi connectivity index (χ3v) is 1.28. The molecule has 0 aromatic heterocycles. The van der Waals surface area contributed by atoms with Crippen molar-refractivity contribution in [2.75, 3.05) is 0 Å². The van der Waals surface area contributed by atoms with Crippen LogP contribution in [0.1, 0.15) is 12.8 Å². The van der Waals surface area contributed by atoms with Crippen molar-refractivity contribution in [2.24, 2.45) is 0 Å². The van der Waals surface area contributed by atoms with Gasteiger partial charge in [-0.3, -0.25) is 4.79 Å². The molecule has 0 aromatic rings. The van der Waals surface area contributed by atoms with Gasteiger partial charge in [0.05, 0.1) is 6.42 Å². The van der Waals surface area contributed by atoms with Crippen LogP contribution in [-0.4, -0.2) is 55.3 Å². The van der Waals surface area contributed by atoms with Crippen molar-refractivity contribution < 1.29 is 80.8 Å². The van der Waals surface area contributed by atoms with E-state index in [9.17, 15) is 19.5 Å². The summed E-state index contributed by atoms with van der Waals surface area (Å²) in [4.78, 5) is 30.3. The zero-order chi connectivity index (χ0) is 10.6. The van der Waals surface area contributed by atoms with Gasteiger partial charge in [0.25, 0.3) is 0 Å². The van der Waals surface area contributed by atoms with Gasteiger partial charge in [0.15, 0.2) is 5.60 Å². The molecule has 98 valence electrons. The van der Waals surface area contributed by atoms with E-state index in [1.807, 2.05) is 0 Å². The van der Waals surface area contributed by atoms with Gasteiger partial charge < -0.3 is 41.6 Å². The normalized spacial score (nSPS) is 11.1. The number of aliphatic carboxylic acids is 3. The van der Waals surface area contributed by atoms with Gasteiger partial charge in [0, 0.05) is 12.4 Å². The van der Waals surface area contributed by atoms with Crippen LogP contribution in [-0.2, 0) is 14.4 Å². The number of carbonyl (C=O) groups is 3. The van der Waals surface area contributed by atoms with E-state index in [0.29, 0.717) is 0 Å². The van der Waals surface area contributed by atoms with Crippen molar-refractivity contribution in [1.82, 2.24) is 0 Å². The second-order valence-corrected chi connectivity index (χ2v) is 2.46. The van der Waals surface area contributed by atoms with Crippen LogP contribution in [0.3, 0.4) is 0 Å². The Labute approximate surface area is 117 Å². The number of hydrogen-bond acceptors (Lipinski definition) is 5. The van der Waals surface area contributed by atoms with Crippen LogP contribution in [0.25, 0.3) is 0 Å². The van der Waals surface area contributed by atoms with E-state index in [-0.39, 0.29) is 46.0 Å². The van der Waals surface area contributed by atoms with Gasteiger partial charge in [-0.05, 0) is 0 Å². The molecule has 0 rings (SSSR count). The zero-order valence-electron chi connectivity index (χ0n) is 8.89. The minimum Gasteiger partial charge on any atom is -0.550 e. The van der Waals surface area contributed by atoms with E-state index in [2.05, 4.69) is 0 Å². The Balaban J connectivity index is -0.000000120. The van der Waals surface area contributed by atoms with Crippen LogP contribution >= 0.6 is 0 Å². The maximum absolute atomic E-state index is 10.3. The second-order valence-electron chi connectivity index (χ2n) is 2.46. The molecule has 0 aliphatic heterocycles. The molecule has 0 fully saturated rings. The molecule has 17 heavy (non-hydrogen) atoms. The van der Waals surface area contributed by atoms with Crippen LogP contribution in [0, 0.1) is 0 Å². The standard InChI is InChI=1S/C6H8O7.Na.3H2O/c7-3(8)1-6(13,5(11)12)2-4(9)10;;;;/h13H,1-2H2,(H,7,8)(H,9,10)(H,11,12);;3*1H2/q;+1;;;/p-1. The number of carboxylic acid groups (broad SMARTS) is 3. The summed E-state index contributed by atoms with van der Waals surface area (Å²) in [6, 6.07) is 0. The van der Waals surface area contributed by atoms with Crippen molar-refractivity contribution in [3.05, 3.63) is 0 Å². The molecule has 0 heterocycles. The van der Waals surface area contributed by atoms with Crippen LogP contribution in [0.2, 0.25) is 0 Å². The molecular weight excluding hydrogens is 255 g/mol. The van der Waals surface area contributed by atoms with Crippen molar-refractivity contribution in [3.8, 4) is 0 Å². The predicted octanol–water partition coefficient (Wildman–Crippen LogP) is -8.05. The summed E-state index contributed by atoms with van der Waals surface area (Å²) in [5.74, 6) is -5.34. The van der Waals surface area contributed by atoms with Crippen molar-refractivity contribution >= 4 is 17.9 Å². The summed E-state index contributed by atoms with van der Waals surface area (Å²) < 4.78 is 0. The summed E-state index contributed by atoms with van der Waals surface area (Å²) in [6.45, 7) is 0. The minimum atomic E-state index is -2.80.